The Bertz CT molecular complexity index is 912. The number of ether oxygens (including phenoxy) is 3. The first-order valence-electron chi connectivity index (χ1n) is 8.31. The molecule has 5 nitrogen and oxygen atoms in total. The predicted molar refractivity (Wildman–Crippen MR) is 104 cm³/mol. The molecule has 136 valence electrons. The van der Waals surface area contributed by atoms with E-state index in [1.807, 2.05) is 36.4 Å². The molecule has 0 aliphatic rings. The number of nitrogens with zero attached hydrogens (tertiary/aromatic N) is 1. The summed E-state index contributed by atoms with van der Waals surface area (Å²) in [5, 5.41) is 0. The van der Waals surface area contributed by atoms with E-state index < -0.39 is 5.97 Å². The highest BCUT2D eigenvalue weighted by Gasteiger charge is 2.12. The number of hydrogen-bond acceptors (Lipinski definition) is 5. The van der Waals surface area contributed by atoms with Gasteiger partial charge in [-0.3, -0.25) is 4.98 Å². The van der Waals surface area contributed by atoms with Gasteiger partial charge in [0.2, 0.25) is 0 Å². The summed E-state index contributed by atoms with van der Waals surface area (Å²) in [4.78, 5) is 16.4. The molecule has 0 N–H and O–H groups in total. The molecule has 0 saturated heterocycles. The molecule has 27 heavy (non-hydrogen) atoms. The average molecular weight is 361 g/mol. The van der Waals surface area contributed by atoms with E-state index in [1.54, 1.807) is 42.7 Å². The minimum Gasteiger partial charge on any atom is -0.497 e. The third kappa shape index (κ3) is 4.95. The van der Waals surface area contributed by atoms with Crippen LogP contribution in [0.5, 0.6) is 17.2 Å². The predicted octanol–water partition coefficient (Wildman–Crippen LogP) is 4.49. The summed E-state index contributed by atoms with van der Waals surface area (Å²) in [6, 6.07) is 16.0. The van der Waals surface area contributed by atoms with Crippen LogP contribution in [0.3, 0.4) is 0 Å². The zero-order valence-corrected chi connectivity index (χ0v) is 15.1. The molecule has 2 aromatic carbocycles. The molecule has 1 aromatic heterocycles. The number of benzene rings is 2. The first-order valence-corrected chi connectivity index (χ1v) is 8.31. The Kier molecular flexibility index (Phi) is 5.84. The van der Waals surface area contributed by atoms with Crippen molar-refractivity contribution in [2.45, 2.75) is 0 Å². The molecular formula is C22H19NO4. The molecule has 0 bridgehead atoms. The van der Waals surface area contributed by atoms with Gasteiger partial charge in [-0.1, -0.05) is 24.3 Å². The fourth-order valence-electron chi connectivity index (χ4n) is 2.41. The van der Waals surface area contributed by atoms with Gasteiger partial charge in [-0.05, 0) is 47.5 Å². The summed E-state index contributed by atoms with van der Waals surface area (Å²) in [7, 11) is 3.06. The Hall–Kier alpha value is -3.60. The molecule has 5 heteroatoms. The number of pyridine rings is 1. The smallest absolute Gasteiger partial charge is 0.343 e. The summed E-state index contributed by atoms with van der Waals surface area (Å²) in [6.07, 6.45) is 7.46. The molecule has 0 spiro atoms. The van der Waals surface area contributed by atoms with Gasteiger partial charge in [-0.25, -0.2) is 4.79 Å². The maximum atomic E-state index is 12.4. The average Bonchev–Trinajstić information content (AvgIpc) is 2.73. The number of esters is 1. The van der Waals surface area contributed by atoms with Crippen LogP contribution in [-0.2, 0) is 0 Å². The lowest BCUT2D eigenvalue weighted by molar-refractivity contribution is 0.0734. The highest BCUT2D eigenvalue weighted by atomic mass is 16.5. The lowest BCUT2D eigenvalue weighted by atomic mass is 10.1. The topological polar surface area (TPSA) is 57.7 Å². The van der Waals surface area contributed by atoms with E-state index in [1.165, 1.54) is 14.2 Å². The summed E-state index contributed by atoms with van der Waals surface area (Å²) in [5.41, 5.74) is 2.41. The Morgan fingerprint density at radius 1 is 0.778 bits per heavy atom. The van der Waals surface area contributed by atoms with Gasteiger partial charge in [0.1, 0.15) is 17.2 Å². The van der Waals surface area contributed by atoms with E-state index >= 15 is 0 Å². The zero-order chi connectivity index (χ0) is 19.1. The molecule has 0 saturated carbocycles. The maximum absolute atomic E-state index is 12.4. The van der Waals surface area contributed by atoms with Crippen molar-refractivity contribution in [3.05, 3.63) is 83.7 Å². The Labute approximate surface area is 157 Å². The van der Waals surface area contributed by atoms with Crippen molar-refractivity contribution in [2.24, 2.45) is 0 Å². The maximum Gasteiger partial charge on any atom is 0.343 e. The van der Waals surface area contributed by atoms with Gasteiger partial charge in [0, 0.05) is 18.5 Å². The molecule has 3 rings (SSSR count). The third-order valence-corrected chi connectivity index (χ3v) is 3.85. The summed E-state index contributed by atoms with van der Waals surface area (Å²) >= 11 is 0. The van der Waals surface area contributed by atoms with Gasteiger partial charge in [0.15, 0.2) is 0 Å². The third-order valence-electron chi connectivity index (χ3n) is 3.85. The number of hydrogen-bond donors (Lipinski definition) is 0. The van der Waals surface area contributed by atoms with E-state index in [-0.39, 0.29) is 0 Å². The van der Waals surface area contributed by atoms with Gasteiger partial charge in [0.25, 0.3) is 0 Å². The van der Waals surface area contributed by atoms with Crippen molar-refractivity contribution in [1.82, 2.24) is 4.98 Å². The number of carbonyl (C=O) groups excluding carboxylic acids is 1. The Balaban J connectivity index is 1.69. The van der Waals surface area contributed by atoms with Crippen molar-refractivity contribution in [3.8, 4) is 17.2 Å². The van der Waals surface area contributed by atoms with Crippen LogP contribution in [0.2, 0.25) is 0 Å². The number of carbonyl (C=O) groups is 1. The van der Waals surface area contributed by atoms with Crippen LogP contribution in [0, 0.1) is 0 Å². The molecule has 0 fully saturated rings. The minimum atomic E-state index is -0.479. The number of rotatable bonds is 6. The van der Waals surface area contributed by atoms with E-state index in [0.29, 0.717) is 22.8 Å². The molecule has 0 unspecified atom stereocenters. The molecule has 3 aromatic rings. The van der Waals surface area contributed by atoms with Crippen LogP contribution in [-0.4, -0.2) is 25.2 Å². The monoisotopic (exact) mass is 361 g/mol. The zero-order valence-electron chi connectivity index (χ0n) is 15.1. The van der Waals surface area contributed by atoms with Crippen molar-refractivity contribution in [3.63, 3.8) is 0 Å². The quantitative estimate of drug-likeness (QED) is 0.478. The lowest BCUT2D eigenvalue weighted by Crippen LogP contribution is -2.09. The molecule has 1 heterocycles. The van der Waals surface area contributed by atoms with Gasteiger partial charge in [-0.2, -0.15) is 0 Å². The van der Waals surface area contributed by atoms with Gasteiger partial charge < -0.3 is 14.2 Å². The van der Waals surface area contributed by atoms with Crippen LogP contribution in [0.1, 0.15) is 21.5 Å². The second-order valence-corrected chi connectivity index (χ2v) is 5.67. The van der Waals surface area contributed by atoms with E-state index in [4.69, 9.17) is 14.2 Å². The second kappa shape index (κ2) is 8.67. The first-order chi connectivity index (χ1) is 13.2. The Morgan fingerprint density at radius 2 is 1.33 bits per heavy atom. The number of methoxy groups -OCH3 is 2. The second-order valence-electron chi connectivity index (χ2n) is 5.67. The lowest BCUT2D eigenvalue weighted by Gasteiger charge is -2.08. The Morgan fingerprint density at radius 3 is 1.89 bits per heavy atom. The fourth-order valence-corrected chi connectivity index (χ4v) is 2.41. The highest BCUT2D eigenvalue weighted by molar-refractivity contribution is 5.92. The molecular weight excluding hydrogens is 342 g/mol. The van der Waals surface area contributed by atoms with Gasteiger partial charge in [-0.15, -0.1) is 0 Å². The van der Waals surface area contributed by atoms with Crippen LogP contribution in [0.4, 0.5) is 0 Å². The van der Waals surface area contributed by atoms with E-state index in [2.05, 4.69) is 4.98 Å². The largest absolute Gasteiger partial charge is 0.497 e. The normalized spacial score (nSPS) is 10.6. The highest BCUT2D eigenvalue weighted by Crippen LogP contribution is 2.24. The van der Waals surface area contributed by atoms with E-state index in [9.17, 15) is 4.79 Å². The molecule has 0 atom stereocenters. The van der Waals surface area contributed by atoms with Crippen molar-refractivity contribution in [2.75, 3.05) is 14.2 Å². The first kappa shape index (κ1) is 18.2. The van der Waals surface area contributed by atoms with Crippen molar-refractivity contribution in [1.29, 1.82) is 0 Å². The SMILES string of the molecule is COc1cc(OC)cc(C(=O)Oc2ccc(/C=C/c3ccncc3)cc2)c1. The summed E-state index contributed by atoms with van der Waals surface area (Å²) < 4.78 is 15.8. The van der Waals surface area contributed by atoms with E-state index in [0.717, 1.165) is 11.1 Å². The van der Waals surface area contributed by atoms with Crippen LogP contribution in [0.25, 0.3) is 12.2 Å². The minimum absolute atomic E-state index is 0.354. The van der Waals surface area contributed by atoms with Crippen LogP contribution < -0.4 is 14.2 Å². The summed E-state index contributed by atoms with van der Waals surface area (Å²) in [6.45, 7) is 0. The van der Waals surface area contributed by atoms with Gasteiger partial charge in [0.05, 0.1) is 19.8 Å². The molecule has 0 aliphatic heterocycles. The molecule has 0 amide bonds. The van der Waals surface area contributed by atoms with Crippen LogP contribution in [0.15, 0.2) is 67.0 Å². The van der Waals surface area contributed by atoms with Crippen molar-refractivity contribution < 1.29 is 19.0 Å². The molecule has 0 aliphatic carbocycles. The van der Waals surface area contributed by atoms with Crippen molar-refractivity contribution >= 4 is 18.1 Å². The van der Waals surface area contributed by atoms with Crippen LogP contribution >= 0.6 is 0 Å². The van der Waals surface area contributed by atoms with Gasteiger partial charge >= 0.3 is 5.97 Å². The summed E-state index contributed by atoms with van der Waals surface area (Å²) in [5.74, 6) is 1.03. The fraction of sp³-hybridized carbons (Fsp3) is 0.0909. The standard InChI is InChI=1S/C22H19NO4/c1-25-20-13-18(14-21(15-20)26-2)22(24)27-19-7-5-16(6-8-19)3-4-17-9-11-23-12-10-17/h3-15H,1-2H3/b4-3+. The molecule has 0 radical (unpaired) electrons. The number of aromatic nitrogens is 1.